The van der Waals surface area contributed by atoms with Gasteiger partial charge in [0.05, 0.1) is 18.2 Å². The van der Waals surface area contributed by atoms with Gasteiger partial charge in [-0.25, -0.2) is 0 Å². The summed E-state index contributed by atoms with van der Waals surface area (Å²) in [4.78, 5) is 0. The van der Waals surface area contributed by atoms with E-state index in [4.69, 9.17) is 9.47 Å². The molecule has 0 bridgehead atoms. The van der Waals surface area contributed by atoms with Gasteiger partial charge in [0, 0.05) is 22.2 Å². The maximum atomic E-state index is 6.84. The lowest BCUT2D eigenvalue weighted by Crippen LogP contribution is -2.36. The zero-order chi connectivity index (χ0) is 21.1. The molecule has 2 aromatic carbocycles. The molecule has 1 aliphatic carbocycles. The Morgan fingerprint density at radius 2 is 1.90 bits per heavy atom. The largest absolute Gasteiger partial charge is 0.496 e. The van der Waals surface area contributed by atoms with Gasteiger partial charge in [-0.2, -0.15) is 0 Å². The second kappa shape index (κ2) is 6.66. The standard InChI is InChI=1S/C27H31NO2/c1-17-16-26(2,3)28-19-13-12-18-23-20(29-5)10-9-11-21(23)30-25(24(18)22(17)19)27(4)14-7-6-8-15-27/h6-7,9-13,16,25,28H,8,14-15H2,1-5H3. The van der Waals surface area contributed by atoms with Crippen molar-refractivity contribution in [2.45, 2.75) is 58.6 Å². The second-order valence-electron chi connectivity index (χ2n) is 9.82. The molecule has 156 valence electrons. The Hall–Kier alpha value is -2.68. The number of hydrogen-bond acceptors (Lipinski definition) is 3. The molecule has 0 amide bonds. The molecular weight excluding hydrogens is 370 g/mol. The van der Waals surface area contributed by atoms with E-state index in [1.165, 1.54) is 28.0 Å². The van der Waals surface area contributed by atoms with Crippen molar-refractivity contribution in [1.29, 1.82) is 0 Å². The summed E-state index contributed by atoms with van der Waals surface area (Å²) in [7, 11) is 1.74. The van der Waals surface area contributed by atoms with Gasteiger partial charge in [0.2, 0.25) is 0 Å². The second-order valence-corrected chi connectivity index (χ2v) is 9.82. The predicted molar refractivity (Wildman–Crippen MR) is 124 cm³/mol. The Morgan fingerprint density at radius 1 is 1.07 bits per heavy atom. The first-order chi connectivity index (χ1) is 14.3. The first-order valence-electron chi connectivity index (χ1n) is 11.0. The average molecular weight is 402 g/mol. The number of allylic oxidation sites excluding steroid dienone is 3. The van der Waals surface area contributed by atoms with Crippen LogP contribution in [0.1, 0.15) is 64.2 Å². The Morgan fingerprint density at radius 3 is 2.63 bits per heavy atom. The van der Waals surface area contributed by atoms with Crippen molar-refractivity contribution in [3.05, 3.63) is 59.7 Å². The van der Waals surface area contributed by atoms with E-state index in [2.05, 4.69) is 69.4 Å². The smallest absolute Gasteiger partial charge is 0.131 e. The molecule has 2 aromatic rings. The lowest BCUT2D eigenvalue weighted by molar-refractivity contribution is 0.0482. The highest BCUT2D eigenvalue weighted by atomic mass is 16.5. The molecule has 2 unspecified atom stereocenters. The summed E-state index contributed by atoms with van der Waals surface area (Å²) in [6, 6.07) is 10.6. The number of anilines is 1. The topological polar surface area (TPSA) is 30.5 Å². The van der Waals surface area contributed by atoms with Crippen LogP contribution in [0.2, 0.25) is 0 Å². The van der Waals surface area contributed by atoms with Crippen LogP contribution in [0.5, 0.6) is 11.5 Å². The fourth-order valence-electron chi connectivity index (χ4n) is 5.58. The van der Waals surface area contributed by atoms with Gasteiger partial charge in [0.15, 0.2) is 0 Å². The number of benzene rings is 2. The summed E-state index contributed by atoms with van der Waals surface area (Å²) in [5, 5.41) is 3.73. The predicted octanol–water partition coefficient (Wildman–Crippen LogP) is 7.15. The average Bonchev–Trinajstić information content (AvgIpc) is 2.71. The molecule has 0 saturated heterocycles. The van der Waals surface area contributed by atoms with Crippen LogP contribution in [0.3, 0.4) is 0 Å². The molecule has 0 aromatic heterocycles. The molecule has 0 radical (unpaired) electrons. The molecule has 2 aliphatic heterocycles. The number of fused-ring (bicyclic) bond motifs is 5. The number of rotatable bonds is 2. The van der Waals surface area contributed by atoms with Gasteiger partial charge in [-0.1, -0.05) is 37.3 Å². The van der Waals surface area contributed by atoms with Crippen molar-refractivity contribution in [2.24, 2.45) is 5.41 Å². The molecule has 2 heterocycles. The molecule has 1 N–H and O–H groups in total. The van der Waals surface area contributed by atoms with Crippen LogP contribution in [0, 0.1) is 5.41 Å². The first-order valence-corrected chi connectivity index (χ1v) is 11.0. The normalized spacial score (nSPS) is 25.8. The van der Waals surface area contributed by atoms with Gasteiger partial charge in [-0.15, -0.1) is 0 Å². The van der Waals surface area contributed by atoms with Crippen LogP contribution >= 0.6 is 0 Å². The van der Waals surface area contributed by atoms with Gasteiger partial charge in [0.1, 0.15) is 17.6 Å². The zero-order valence-corrected chi connectivity index (χ0v) is 18.6. The van der Waals surface area contributed by atoms with E-state index in [1.807, 2.05) is 12.1 Å². The number of methoxy groups -OCH3 is 1. The highest BCUT2D eigenvalue weighted by Gasteiger charge is 2.44. The third kappa shape index (κ3) is 2.86. The van der Waals surface area contributed by atoms with Gasteiger partial charge < -0.3 is 14.8 Å². The number of nitrogens with one attached hydrogen (secondary N) is 1. The zero-order valence-electron chi connectivity index (χ0n) is 18.6. The van der Waals surface area contributed by atoms with E-state index in [9.17, 15) is 0 Å². The molecule has 0 saturated carbocycles. The maximum absolute atomic E-state index is 6.84. The molecule has 3 aliphatic rings. The van der Waals surface area contributed by atoms with Crippen molar-refractivity contribution in [1.82, 2.24) is 0 Å². The van der Waals surface area contributed by atoms with Crippen molar-refractivity contribution in [2.75, 3.05) is 12.4 Å². The molecule has 30 heavy (non-hydrogen) atoms. The molecule has 0 spiro atoms. The summed E-state index contributed by atoms with van der Waals surface area (Å²) >= 11 is 0. The molecular formula is C27H31NO2. The maximum Gasteiger partial charge on any atom is 0.131 e. The Balaban J connectivity index is 1.81. The minimum absolute atomic E-state index is 0.00151. The van der Waals surface area contributed by atoms with E-state index in [0.29, 0.717) is 0 Å². The fraction of sp³-hybridized carbons (Fsp3) is 0.407. The third-order valence-corrected chi connectivity index (χ3v) is 6.92. The number of hydrogen-bond donors (Lipinski definition) is 1. The quantitative estimate of drug-likeness (QED) is 0.542. The lowest BCUT2D eigenvalue weighted by atomic mass is 9.68. The van der Waals surface area contributed by atoms with E-state index in [-0.39, 0.29) is 17.1 Å². The first kappa shape index (κ1) is 19.3. The molecule has 0 fully saturated rings. The summed E-state index contributed by atoms with van der Waals surface area (Å²) in [5.74, 6) is 1.79. The molecule has 2 atom stereocenters. The summed E-state index contributed by atoms with van der Waals surface area (Å²) in [6.45, 7) is 9.06. The Kier molecular flexibility index (Phi) is 4.29. The van der Waals surface area contributed by atoms with Crippen LogP contribution in [0.25, 0.3) is 16.7 Å². The van der Waals surface area contributed by atoms with Crippen molar-refractivity contribution < 1.29 is 9.47 Å². The third-order valence-electron chi connectivity index (χ3n) is 6.92. The van der Waals surface area contributed by atoms with Crippen molar-refractivity contribution in [3.8, 4) is 22.6 Å². The monoisotopic (exact) mass is 401 g/mol. The fourth-order valence-corrected chi connectivity index (χ4v) is 5.58. The van der Waals surface area contributed by atoms with Gasteiger partial charge in [-0.05, 0) is 69.4 Å². The van der Waals surface area contributed by atoms with Crippen LogP contribution in [-0.4, -0.2) is 12.6 Å². The highest BCUT2D eigenvalue weighted by Crippen LogP contribution is 2.57. The summed E-state index contributed by atoms with van der Waals surface area (Å²) in [6.07, 6.45) is 10.2. The van der Waals surface area contributed by atoms with E-state index < -0.39 is 0 Å². The summed E-state index contributed by atoms with van der Waals surface area (Å²) < 4.78 is 12.6. The molecule has 3 heteroatoms. The van der Waals surface area contributed by atoms with Crippen LogP contribution < -0.4 is 14.8 Å². The lowest BCUT2D eigenvalue weighted by Gasteiger charge is -2.44. The van der Waals surface area contributed by atoms with E-state index >= 15 is 0 Å². The van der Waals surface area contributed by atoms with Gasteiger partial charge >= 0.3 is 0 Å². The van der Waals surface area contributed by atoms with Crippen LogP contribution in [0.15, 0.2) is 48.6 Å². The molecule has 5 rings (SSSR count). The minimum Gasteiger partial charge on any atom is -0.496 e. The summed E-state index contributed by atoms with van der Waals surface area (Å²) in [5.41, 5.74) is 7.40. The SMILES string of the molecule is COc1cccc2c1-c1ccc3c(c1C(C1(C)CC=CCC1)O2)C(C)=CC(C)(C)N3. The van der Waals surface area contributed by atoms with Crippen LogP contribution in [0.4, 0.5) is 5.69 Å². The highest BCUT2D eigenvalue weighted by molar-refractivity contribution is 5.91. The van der Waals surface area contributed by atoms with E-state index in [0.717, 1.165) is 36.3 Å². The van der Waals surface area contributed by atoms with E-state index in [1.54, 1.807) is 7.11 Å². The van der Waals surface area contributed by atoms with Crippen LogP contribution in [-0.2, 0) is 0 Å². The minimum atomic E-state index is -0.0661. The van der Waals surface area contributed by atoms with Crippen molar-refractivity contribution >= 4 is 11.3 Å². The molecule has 3 nitrogen and oxygen atoms in total. The number of ether oxygens (including phenoxy) is 2. The van der Waals surface area contributed by atoms with Gasteiger partial charge in [-0.3, -0.25) is 0 Å². The van der Waals surface area contributed by atoms with Gasteiger partial charge in [0.25, 0.3) is 0 Å². The Labute approximate surface area is 179 Å². The van der Waals surface area contributed by atoms with Crippen molar-refractivity contribution in [3.63, 3.8) is 0 Å². The Bertz CT molecular complexity index is 1080.